The Labute approximate surface area is 128 Å². The molecule has 0 saturated heterocycles. The van der Waals surface area contributed by atoms with E-state index in [1.807, 2.05) is 6.07 Å². The fraction of sp³-hybridized carbons (Fsp3) is 0.611. The first-order chi connectivity index (χ1) is 10.0. The Morgan fingerprint density at radius 3 is 2.62 bits per heavy atom. The summed E-state index contributed by atoms with van der Waals surface area (Å²) in [6.45, 7) is 7.06. The lowest BCUT2D eigenvalue weighted by atomic mass is 9.89. The number of hydrogen-bond acceptors (Lipinski definition) is 2. The summed E-state index contributed by atoms with van der Waals surface area (Å²) in [6.07, 6.45) is 3.09. The zero-order chi connectivity index (χ0) is 15.4. The third kappa shape index (κ3) is 4.48. The second-order valence-corrected chi connectivity index (χ2v) is 6.58. The van der Waals surface area contributed by atoms with Gasteiger partial charge in [0.25, 0.3) is 0 Å². The summed E-state index contributed by atoms with van der Waals surface area (Å²) in [5.41, 5.74) is 2.42. The van der Waals surface area contributed by atoms with Crippen molar-refractivity contribution in [3.63, 3.8) is 0 Å². The van der Waals surface area contributed by atoms with Crippen molar-refractivity contribution in [2.75, 3.05) is 13.7 Å². The molecule has 0 aliphatic heterocycles. The van der Waals surface area contributed by atoms with Gasteiger partial charge in [-0.15, -0.1) is 0 Å². The molecular weight excluding hydrogens is 262 g/mol. The number of ether oxygens (including phenoxy) is 1. The Hall–Kier alpha value is -1.51. The maximum atomic E-state index is 12.1. The van der Waals surface area contributed by atoms with E-state index in [4.69, 9.17) is 4.74 Å². The largest absolute Gasteiger partial charge is 0.496 e. The summed E-state index contributed by atoms with van der Waals surface area (Å²) in [4.78, 5) is 12.1. The first kappa shape index (κ1) is 15.9. The highest BCUT2D eigenvalue weighted by Gasteiger charge is 2.33. The van der Waals surface area contributed by atoms with E-state index in [0.717, 1.165) is 17.9 Å². The molecule has 1 aliphatic rings. The molecule has 2 rings (SSSR count). The van der Waals surface area contributed by atoms with Crippen LogP contribution in [0.15, 0.2) is 18.2 Å². The van der Waals surface area contributed by atoms with Crippen LogP contribution in [0, 0.1) is 18.8 Å². The normalized spacial score (nSPS) is 15.9. The number of methoxy groups -OCH3 is 1. The fourth-order valence-electron chi connectivity index (χ4n) is 2.78. The van der Waals surface area contributed by atoms with E-state index in [1.54, 1.807) is 7.11 Å². The molecule has 0 aromatic heterocycles. The van der Waals surface area contributed by atoms with Crippen molar-refractivity contribution in [3.8, 4) is 5.75 Å². The van der Waals surface area contributed by atoms with Crippen LogP contribution in [-0.4, -0.2) is 19.6 Å². The molecule has 1 aliphatic carbocycles. The third-order valence-corrected chi connectivity index (χ3v) is 4.15. The number of aryl methyl sites for hydroxylation is 1. The maximum absolute atomic E-state index is 12.1. The summed E-state index contributed by atoms with van der Waals surface area (Å²) < 4.78 is 5.32. The second-order valence-electron chi connectivity index (χ2n) is 6.58. The molecule has 1 N–H and O–H groups in total. The standard InChI is InChI=1S/C18H27NO2/c1-12(2)11-19-18(20)10-16(14-5-6-14)15-7-8-17(21-4)13(3)9-15/h7-9,12,14,16H,5-6,10-11H2,1-4H3,(H,19,20). The van der Waals surface area contributed by atoms with Crippen molar-refractivity contribution in [3.05, 3.63) is 29.3 Å². The van der Waals surface area contributed by atoms with Crippen LogP contribution < -0.4 is 10.1 Å². The molecule has 1 aromatic carbocycles. The van der Waals surface area contributed by atoms with Crippen LogP contribution in [-0.2, 0) is 4.79 Å². The molecule has 1 atom stereocenters. The lowest BCUT2D eigenvalue weighted by molar-refractivity contribution is -0.121. The third-order valence-electron chi connectivity index (χ3n) is 4.15. The molecule has 3 nitrogen and oxygen atoms in total. The Morgan fingerprint density at radius 2 is 2.10 bits per heavy atom. The van der Waals surface area contributed by atoms with Gasteiger partial charge in [0, 0.05) is 13.0 Å². The lowest BCUT2D eigenvalue weighted by Crippen LogP contribution is -2.29. The van der Waals surface area contributed by atoms with Crippen molar-refractivity contribution >= 4 is 5.91 Å². The highest BCUT2D eigenvalue weighted by atomic mass is 16.5. The van der Waals surface area contributed by atoms with Crippen LogP contribution in [0.4, 0.5) is 0 Å². The minimum Gasteiger partial charge on any atom is -0.496 e. The predicted molar refractivity (Wildman–Crippen MR) is 85.7 cm³/mol. The van der Waals surface area contributed by atoms with Crippen molar-refractivity contribution in [2.24, 2.45) is 11.8 Å². The average molecular weight is 289 g/mol. The maximum Gasteiger partial charge on any atom is 0.220 e. The quantitative estimate of drug-likeness (QED) is 0.832. The van der Waals surface area contributed by atoms with E-state index >= 15 is 0 Å². The van der Waals surface area contributed by atoms with E-state index < -0.39 is 0 Å². The molecular formula is C18H27NO2. The van der Waals surface area contributed by atoms with Crippen LogP contribution in [0.3, 0.4) is 0 Å². The number of carbonyl (C=O) groups excluding carboxylic acids is 1. The molecule has 1 amide bonds. The molecule has 0 radical (unpaired) electrons. The topological polar surface area (TPSA) is 38.3 Å². The van der Waals surface area contributed by atoms with Gasteiger partial charge in [-0.3, -0.25) is 4.79 Å². The number of hydrogen-bond donors (Lipinski definition) is 1. The van der Waals surface area contributed by atoms with E-state index in [9.17, 15) is 4.79 Å². The summed E-state index contributed by atoms with van der Waals surface area (Å²) >= 11 is 0. The molecule has 3 heteroatoms. The molecule has 21 heavy (non-hydrogen) atoms. The molecule has 1 unspecified atom stereocenters. The van der Waals surface area contributed by atoms with Crippen molar-refractivity contribution in [2.45, 2.75) is 46.0 Å². The summed E-state index contributed by atoms with van der Waals surface area (Å²) in [6, 6.07) is 6.31. The second kappa shape index (κ2) is 6.97. The summed E-state index contributed by atoms with van der Waals surface area (Å²) in [5, 5.41) is 3.04. The van der Waals surface area contributed by atoms with Crippen molar-refractivity contribution < 1.29 is 9.53 Å². The van der Waals surface area contributed by atoms with Gasteiger partial charge in [-0.1, -0.05) is 26.0 Å². The Morgan fingerprint density at radius 1 is 1.38 bits per heavy atom. The van der Waals surface area contributed by atoms with Gasteiger partial charge in [0.05, 0.1) is 7.11 Å². The molecule has 0 bridgehead atoms. The first-order valence-corrected chi connectivity index (χ1v) is 7.92. The van der Waals surface area contributed by atoms with E-state index in [0.29, 0.717) is 24.2 Å². The van der Waals surface area contributed by atoms with Crippen LogP contribution in [0.5, 0.6) is 5.75 Å². The van der Waals surface area contributed by atoms with E-state index in [-0.39, 0.29) is 5.91 Å². The van der Waals surface area contributed by atoms with Gasteiger partial charge >= 0.3 is 0 Å². The van der Waals surface area contributed by atoms with Crippen molar-refractivity contribution in [1.82, 2.24) is 5.32 Å². The van der Waals surface area contributed by atoms with Crippen LogP contribution in [0.1, 0.15) is 50.2 Å². The van der Waals surface area contributed by atoms with Gasteiger partial charge < -0.3 is 10.1 Å². The zero-order valence-electron chi connectivity index (χ0n) is 13.6. The first-order valence-electron chi connectivity index (χ1n) is 7.92. The van der Waals surface area contributed by atoms with Gasteiger partial charge in [0.15, 0.2) is 0 Å². The van der Waals surface area contributed by atoms with Crippen LogP contribution in [0.2, 0.25) is 0 Å². The SMILES string of the molecule is COc1ccc(C(CC(=O)NCC(C)C)C2CC2)cc1C. The Bertz CT molecular complexity index is 492. The average Bonchev–Trinajstić information content (AvgIpc) is 3.27. The fourth-order valence-corrected chi connectivity index (χ4v) is 2.78. The highest BCUT2D eigenvalue weighted by Crippen LogP contribution is 2.45. The molecule has 0 spiro atoms. The Balaban J connectivity index is 2.05. The Kier molecular flexibility index (Phi) is 5.27. The number of carbonyl (C=O) groups is 1. The number of amides is 1. The number of nitrogens with one attached hydrogen (secondary N) is 1. The predicted octanol–water partition coefficient (Wildman–Crippen LogP) is 3.66. The van der Waals surface area contributed by atoms with Crippen LogP contribution >= 0.6 is 0 Å². The van der Waals surface area contributed by atoms with Gasteiger partial charge in [-0.25, -0.2) is 0 Å². The molecule has 116 valence electrons. The highest BCUT2D eigenvalue weighted by molar-refractivity contribution is 5.77. The minimum absolute atomic E-state index is 0.175. The molecule has 1 saturated carbocycles. The van der Waals surface area contributed by atoms with E-state index in [2.05, 4.69) is 38.2 Å². The summed E-state index contributed by atoms with van der Waals surface area (Å²) in [5.74, 6) is 2.60. The van der Waals surface area contributed by atoms with Gasteiger partial charge in [0.1, 0.15) is 5.75 Å². The number of benzene rings is 1. The smallest absolute Gasteiger partial charge is 0.220 e. The van der Waals surface area contributed by atoms with Crippen LogP contribution in [0.25, 0.3) is 0 Å². The van der Waals surface area contributed by atoms with Gasteiger partial charge in [-0.2, -0.15) is 0 Å². The van der Waals surface area contributed by atoms with Gasteiger partial charge in [-0.05, 0) is 54.7 Å². The molecule has 1 fully saturated rings. The molecule has 0 heterocycles. The summed E-state index contributed by atoms with van der Waals surface area (Å²) in [7, 11) is 1.69. The monoisotopic (exact) mass is 289 g/mol. The zero-order valence-corrected chi connectivity index (χ0v) is 13.6. The van der Waals surface area contributed by atoms with E-state index in [1.165, 1.54) is 18.4 Å². The number of rotatable bonds is 7. The molecule has 1 aromatic rings. The van der Waals surface area contributed by atoms with Crippen molar-refractivity contribution in [1.29, 1.82) is 0 Å². The van der Waals surface area contributed by atoms with Gasteiger partial charge in [0.2, 0.25) is 5.91 Å². The minimum atomic E-state index is 0.175. The lowest BCUT2D eigenvalue weighted by Gasteiger charge is -2.18.